The molecule has 2 aromatic rings. The highest BCUT2D eigenvalue weighted by Gasteiger charge is 2.16. The zero-order valence-electron chi connectivity index (χ0n) is 10.2. The molecular formula is C12H13N3O2S2. The van der Waals surface area contributed by atoms with Gasteiger partial charge in [0, 0.05) is 12.7 Å². The minimum Gasteiger partial charge on any atom is -0.326 e. The first-order chi connectivity index (χ1) is 9.12. The van der Waals surface area contributed by atoms with Gasteiger partial charge in [0.05, 0.1) is 0 Å². The average molecular weight is 295 g/mol. The molecule has 0 radical (unpaired) electrons. The van der Waals surface area contributed by atoms with Gasteiger partial charge in [-0.15, -0.1) is 11.3 Å². The lowest BCUT2D eigenvalue weighted by Gasteiger charge is -2.11. The molecule has 2 N–H and O–H groups in total. The van der Waals surface area contributed by atoms with E-state index in [0.29, 0.717) is 0 Å². The van der Waals surface area contributed by atoms with E-state index < -0.39 is 10.0 Å². The summed E-state index contributed by atoms with van der Waals surface area (Å²) >= 11 is 1.16. The minimum atomic E-state index is -3.57. The summed E-state index contributed by atoms with van der Waals surface area (Å²) in [5.41, 5.74) is 0.761. The van der Waals surface area contributed by atoms with Crippen molar-refractivity contribution in [1.29, 1.82) is 0 Å². The van der Waals surface area contributed by atoms with Crippen molar-refractivity contribution in [3.8, 4) is 0 Å². The quantitative estimate of drug-likeness (QED) is 0.673. The Morgan fingerprint density at radius 2 is 1.89 bits per heavy atom. The van der Waals surface area contributed by atoms with E-state index >= 15 is 0 Å². The highest BCUT2D eigenvalue weighted by atomic mass is 32.2. The van der Waals surface area contributed by atoms with Crippen LogP contribution >= 0.6 is 11.3 Å². The monoisotopic (exact) mass is 295 g/mol. The third-order valence-electron chi connectivity index (χ3n) is 2.25. The highest BCUT2D eigenvalue weighted by molar-refractivity contribution is 7.92. The smallest absolute Gasteiger partial charge is 0.273 e. The van der Waals surface area contributed by atoms with Crippen LogP contribution in [0, 0.1) is 0 Å². The number of hydrogen-bond donors (Lipinski definition) is 2. The van der Waals surface area contributed by atoms with Gasteiger partial charge < -0.3 is 5.32 Å². The van der Waals surface area contributed by atoms with E-state index in [-0.39, 0.29) is 10.2 Å². The third-order valence-corrected chi connectivity index (χ3v) is 4.99. The highest BCUT2D eigenvalue weighted by Crippen LogP contribution is 2.15. The largest absolute Gasteiger partial charge is 0.326 e. The molecule has 0 unspecified atom stereocenters. The van der Waals surface area contributed by atoms with Crippen molar-refractivity contribution in [1.82, 2.24) is 4.72 Å². The van der Waals surface area contributed by atoms with Crippen molar-refractivity contribution in [2.24, 2.45) is 4.99 Å². The Kier molecular flexibility index (Phi) is 4.18. The first-order valence-electron chi connectivity index (χ1n) is 5.47. The summed E-state index contributed by atoms with van der Waals surface area (Å²) < 4.78 is 26.7. The molecule has 100 valence electrons. The van der Waals surface area contributed by atoms with Crippen molar-refractivity contribution in [3.63, 3.8) is 0 Å². The number of benzene rings is 1. The molecular weight excluding hydrogens is 282 g/mol. The predicted molar refractivity (Wildman–Crippen MR) is 78.1 cm³/mol. The molecule has 0 aliphatic carbocycles. The predicted octanol–water partition coefficient (Wildman–Crippen LogP) is 2.12. The van der Waals surface area contributed by atoms with Crippen LogP contribution in [-0.2, 0) is 10.0 Å². The van der Waals surface area contributed by atoms with Crippen molar-refractivity contribution < 1.29 is 8.42 Å². The van der Waals surface area contributed by atoms with E-state index in [1.54, 1.807) is 17.5 Å². The van der Waals surface area contributed by atoms with Crippen LogP contribution in [0.25, 0.3) is 0 Å². The van der Waals surface area contributed by atoms with E-state index in [1.807, 2.05) is 30.3 Å². The fourth-order valence-electron chi connectivity index (χ4n) is 1.38. The summed E-state index contributed by atoms with van der Waals surface area (Å²) in [5, 5.41) is 4.62. The molecule has 0 aliphatic heterocycles. The van der Waals surface area contributed by atoms with Crippen LogP contribution in [0.15, 0.2) is 57.0 Å². The Hall–Kier alpha value is -1.86. The Labute approximate surface area is 116 Å². The van der Waals surface area contributed by atoms with E-state index in [1.165, 1.54) is 7.05 Å². The Bertz CT molecular complexity index is 650. The molecule has 0 saturated heterocycles. The molecule has 1 aromatic carbocycles. The van der Waals surface area contributed by atoms with Gasteiger partial charge in [0.1, 0.15) is 4.21 Å². The van der Waals surface area contributed by atoms with Gasteiger partial charge in [-0.2, -0.15) is 0 Å². The second-order valence-corrected chi connectivity index (χ2v) is 6.46. The van der Waals surface area contributed by atoms with Gasteiger partial charge in [0.15, 0.2) is 0 Å². The molecule has 0 atom stereocenters. The number of guanidine groups is 1. The molecule has 0 aliphatic rings. The zero-order valence-corrected chi connectivity index (χ0v) is 11.8. The molecule has 0 amide bonds. The van der Waals surface area contributed by atoms with Gasteiger partial charge in [0.25, 0.3) is 10.0 Å². The van der Waals surface area contributed by atoms with Gasteiger partial charge in [0.2, 0.25) is 5.96 Å². The van der Waals surface area contributed by atoms with Crippen LogP contribution in [0.4, 0.5) is 5.69 Å². The van der Waals surface area contributed by atoms with E-state index in [2.05, 4.69) is 15.0 Å². The Morgan fingerprint density at radius 1 is 1.16 bits per heavy atom. The van der Waals surface area contributed by atoms with Crippen molar-refractivity contribution >= 4 is 33.0 Å². The summed E-state index contributed by atoms with van der Waals surface area (Å²) in [6.45, 7) is 0. The van der Waals surface area contributed by atoms with Gasteiger partial charge in [-0.3, -0.25) is 4.99 Å². The molecule has 1 aromatic heterocycles. The van der Waals surface area contributed by atoms with Gasteiger partial charge in [-0.1, -0.05) is 24.3 Å². The van der Waals surface area contributed by atoms with E-state index in [9.17, 15) is 8.42 Å². The number of aliphatic imine (C=N–C) groups is 1. The summed E-state index contributed by atoms with van der Waals surface area (Å²) in [6.07, 6.45) is 0. The SMILES string of the molecule is CN=C(Nc1ccccc1)NS(=O)(=O)c1cccs1. The van der Waals surface area contributed by atoms with E-state index in [0.717, 1.165) is 17.0 Å². The molecule has 5 nitrogen and oxygen atoms in total. The summed E-state index contributed by atoms with van der Waals surface area (Å²) in [6, 6.07) is 12.5. The molecule has 0 fully saturated rings. The maximum absolute atomic E-state index is 12.0. The number of hydrogen-bond acceptors (Lipinski definition) is 4. The fourth-order valence-corrected chi connectivity index (χ4v) is 3.38. The molecule has 0 bridgehead atoms. The number of nitrogens with zero attached hydrogens (tertiary/aromatic N) is 1. The summed E-state index contributed by atoms with van der Waals surface area (Å²) in [7, 11) is -2.06. The third kappa shape index (κ3) is 3.55. The van der Waals surface area contributed by atoms with Gasteiger partial charge in [-0.05, 0) is 23.6 Å². The second kappa shape index (κ2) is 5.85. The van der Waals surface area contributed by atoms with Crippen LogP contribution in [0.1, 0.15) is 0 Å². The summed E-state index contributed by atoms with van der Waals surface area (Å²) in [4.78, 5) is 3.90. The fraction of sp³-hybridized carbons (Fsp3) is 0.0833. The van der Waals surface area contributed by atoms with Crippen molar-refractivity contribution in [2.45, 2.75) is 4.21 Å². The van der Waals surface area contributed by atoms with Crippen LogP contribution < -0.4 is 10.0 Å². The summed E-state index contributed by atoms with van der Waals surface area (Å²) in [5.74, 6) is 0.180. The maximum Gasteiger partial charge on any atom is 0.273 e. The normalized spacial score (nSPS) is 12.2. The average Bonchev–Trinajstić information content (AvgIpc) is 2.93. The van der Waals surface area contributed by atoms with Crippen LogP contribution in [0.3, 0.4) is 0 Å². The first-order valence-corrected chi connectivity index (χ1v) is 7.83. The lowest BCUT2D eigenvalue weighted by atomic mass is 10.3. The van der Waals surface area contributed by atoms with Crippen LogP contribution in [0.5, 0.6) is 0 Å². The number of para-hydroxylation sites is 1. The lowest BCUT2D eigenvalue weighted by molar-refractivity contribution is 0.594. The number of sulfonamides is 1. The van der Waals surface area contributed by atoms with Crippen LogP contribution in [-0.4, -0.2) is 21.4 Å². The Balaban J connectivity index is 2.13. The topological polar surface area (TPSA) is 70.6 Å². The zero-order chi connectivity index (χ0) is 13.7. The first kappa shape index (κ1) is 13.6. The number of anilines is 1. The maximum atomic E-state index is 12.0. The minimum absolute atomic E-state index is 0.180. The molecule has 0 spiro atoms. The van der Waals surface area contributed by atoms with E-state index in [4.69, 9.17) is 0 Å². The molecule has 1 heterocycles. The van der Waals surface area contributed by atoms with Gasteiger partial charge in [-0.25, -0.2) is 13.1 Å². The standard InChI is InChI=1S/C12H13N3O2S2/c1-13-12(14-10-6-3-2-4-7-10)15-19(16,17)11-8-5-9-18-11/h2-9H,1H3,(H2,13,14,15). The number of nitrogens with one attached hydrogen (secondary N) is 2. The Morgan fingerprint density at radius 3 is 2.47 bits per heavy atom. The number of rotatable bonds is 3. The van der Waals surface area contributed by atoms with Crippen LogP contribution in [0.2, 0.25) is 0 Å². The molecule has 2 rings (SSSR count). The lowest BCUT2D eigenvalue weighted by Crippen LogP contribution is -2.35. The second-order valence-electron chi connectivity index (χ2n) is 3.60. The van der Waals surface area contributed by atoms with Crippen molar-refractivity contribution in [3.05, 3.63) is 47.8 Å². The molecule has 0 saturated carbocycles. The van der Waals surface area contributed by atoms with Gasteiger partial charge >= 0.3 is 0 Å². The van der Waals surface area contributed by atoms with Crippen molar-refractivity contribution in [2.75, 3.05) is 12.4 Å². The molecule has 7 heteroatoms. The number of thiophene rings is 1. The molecule has 19 heavy (non-hydrogen) atoms.